The Kier molecular flexibility index (Phi) is 2.60. The number of rotatable bonds is 2. The summed E-state index contributed by atoms with van der Waals surface area (Å²) >= 11 is 0. The molecule has 0 saturated heterocycles. The molecule has 0 unspecified atom stereocenters. The smallest absolute Gasteiger partial charge is 0.0589 e. The zero-order valence-corrected chi connectivity index (χ0v) is 6.72. The molecule has 0 amide bonds. The average Bonchev–Trinajstić information content (AvgIpc) is 2.04. The van der Waals surface area contributed by atoms with Gasteiger partial charge in [-0.05, 0) is 12.8 Å². The van der Waals surface area contributed by atoms with E-state index >= 15 is 0 Å². The molecule has 1 rings (SSSR count). The van der Waals surface area contributed by atoms with Crippen LogP contribution >= 0.6 is 0 Å². The zero-order valence-electron chi connectivity index (χ0n) is 6.72. The number of nitrogens with zero attached hydrogens (tertiary/aromatic N) is 2. The van der Waals surface area contributed by atoms with Crippen molar-refractivity contribution in [3.63, 3.8) is 0 Å². The molecule has 0 aromatic heterocycles. The normalized spacial score (nSPS) is 18.2. The average molecular weight is 138 g/mol. The summed E-state index contributed by atoms with van der Waals surface area (Å²) in [5.41, 5.74) is 2.43. The maximum atomic E-state index is 4.39. The van der Waals surface area contributed by atoms with Crippen LogP contribution in [0.4, 0.5) is 0 Å². The van der Waals surface area contributed by atoms with Crippen molar-refractivity contribution in [1.29, 1.82) is 0 Å². The van der Waals surface area contributed by atoms with Gasteiger partial charge in [0.2, 0.25) is 0 Å². The van der Waals surface area contributed by atoms with Crippen LogP contribution in [-0.2, 0) is 0 Å². The van der Waals surface area contributed by atoms with E-state index in [9.17, 15) is 0 Å². The summed E-state index contributed by atoms with van der Waals surface area (Å²) in [5, 5.41) is 0. The van der Waals surface area contributed by atoms with E-state index in [1.54, 1.807) is 0 Å². The van der Waals surface area contributed by atoms with Crippen LogP contribution < -0.4 is 0 Å². The molecule has 10 heavy (non-hydrogen) atoms. The van der Waals surface area contributed by atoms with Crippen molar-refractivity contribution < 1.29 is 0 Å². The summed E-state index contributed by atoms with van der Waals surface area (Å²) in [6, 6.07) is 0. The maximum absolute atomic E-state index is 4.39. The van der Waals surface area contributed by atoms with Crippen LogP contribution in [0.1, 0.15) is 26.7 Å². The minimum Gasteiger partial charge on any atom is -0.286 e. The third kappa shape index (κ3) is 1.43. The predicted molar refractivity (Wildman–Crippen MR) is 45.2 cm³/mol. The molecular weight excluding hydrogens is 124 g/mol. The topological polar surface area (TPSA) is 24.7 Å². The first-order valence-electron chi connectivity index (χ1n) is 3.95. The van der Waals surface area contributed by atoms with E-state index in [1.165, 1.54) is 11.4 Å². The van der Waals surface area contributed by atoms with Crippen LogP contribution in [0, 0.1) is 0 Å². The zero-order chi connectivity index (χ0) is 7.40. The van der Waals surface area contributed by atoms with Crippen LogP contribution in [0.25, 0.3) is 0 Å². The molecule has 1 aliphatic rings. The van der Waals surface area contributed by atoms with Gasteiger partial charge in [-0.2, -0.15) is 0 Å². The lowest BCUT2D eigenvalue weighted by molar-refractivity contribution is 0.943. The van der Waals surface area contributed by atoms with Crippen molar-refractivity contribution in [2.75, 3.05) is 13.1 Å². The lowest BCUT2D eigenvalue weighted by atomic mass is 10.1. The van der Waals surface area contributed by atoms with Gasteiger partial charge < -0.3 is 0 Å². The summed E-state index contributed by atoms with van der Waals surface area (Å²) in [7, 11) is 0. The van der Waals surface area contributed by atoms with Crippen molar-refractivity contribution in [1.82, 2.24) is 0 Å². The maximum Gasteiger partial charge on any atom is 0.0589 e. The summed E-state index contributed by atoms with van der Waals surface area (Å²) in [6.07, 6.45) is 2.07. The van der Waals surface area contributed by atoms with Crippen LogP contribution in [0.5, 0.6) is 0 Å². The third-order valence-corrected chi connectivity index (χ3v) is 1.71. The monoisotopic (exact) mass is 138 g/mol. The van der Waals surface area contributed by atoms with E-state index in [2.05, 4.69) is 23.8 Å². The largest absolute Gasteiger partial charge is 0.286 e. The van der Waals surface area contributed by atoms with Gasteiger partial charge >= 0.3 is 0 Å². The molecule has 1 aliphatic heterocycles. The molecule has 0 bridgehead atoms. The fourth-order valence-corrected chi connectivity index (χ4v) is 1.18. The molecule has 1 heterocycles. The predicted octanol–water partition coefficient (Wildman–Crippen LogP) is 1.70. The van der Waals surface area contributed by atoms with Gasteiger partial charge in [0.25, 0.3) is 0 Å². The van der Waals surface area contributed by atoms with E-state index < -0.39 is 0 Å². The first-order valence-corrected chi connectivity index (χ1v) is 3.95. The second kappa shape index (κ2) is 3.49. The molecule has 0 fully saturated rings. The van der Waals surface area contributed by atoms with E-state index in [0.717, 1.165) is 25.9 Å². The molecule has 0 aromatic carbocycles. The van der Waals surface area contributed by atoms with E-state index in [-0.39, 0.29) is 0 Å². The van der Waals surface area contributed by atoms with Gasteiger partial charge in [0.05, 0.1) is 24.5 Å². The Morgan fingerprint density at radius 2 is 1.40 bits per heavy atom. The van der Waals surface area contributed by atoms with Crippen molar-refractivity contribution in [2.24, 2.45) is 9.98 Å². The number of hydrogen-bond acceptors (Lipinski definition) is 2. The summed E-state index contributed by atoms with van der Waals surface area (Å²) in [6.45, 7) is 6.06. The highest BCUT2D eigenvalue weighted by atomic mass is 14.9. The van der Waals surface area contributed by atoms with E-state index in [4.69, 9.17) is 0 Å². The molecule has 0 spiro atoms. The van der Waals surface area contributed by atoms with Gasteiger partial charge in [0.1, 0.15) is 0 Å². The highest BCUT2D eigenvalue weighted by Crippen LogP contribution is 2.00. The SMILES string of the molecule is CCC1=NCCN=C1CC. The Morgan fingerprint density at radius 1 is 1.00 bits per heavy atom. The van der Waals surface area contributed by atoms with Gasteiger partial charge in [0.15, 0.2) is 0 Å². The summed E-state index contributed by atoms with van der Waals surface area (Å²) < 4.78 is 0. The Balaban J connectivity index is 2.67. The number of aliphatic imine (C=N–C) groups is 2. The molecule has 0 saturated carbocycles. The quantitative estimate of drug-likeness (QED) is 0.555. The Labute approximate surface area is 62.1 Å². The molecule has 2 nitrogen and oxygen atoms in total. The third-order valence-electron chi connectivity index (χ3n) is 1.71. The van der Waals surface area contributed by atoms with Crippen molar-refractivity contribution in [2.45, 2.75) is 26.7 Å². The summed E-state index contributed by atoms with van der Waals surface area (Å²) in [4.78, 5) is 8.77. The van der Waals surface area contributed by atoms with Gasteiger partial charge in [-0.3, -0.25) is 9.98 Å². The molecular formula is C8H14N2. The Bertz CT molecular complexity index is 148. The molecule has 0 aliphatic carbocycles. The first-order chi connectivity index (χ1) is 4.88. The second-order valence-corrected chi connectivity index (χ2v) is 2.36. The van der Waals surface area contributed by atoms with Crippen molar-refractivity contribution >= 4 is 11.4 Å². The van der Waals surface area contributed by atoms with Gasteiger partial charge in [-0.25, -0.2) is 0 Å². The molecule has 2 heteroatoms. The van der Waals surface area contributed by atoms with E-state index in [0.29, 0.717) is 0 Å². The highest BCUT2D eigenvalue weighted by Gasteiger charge is 2.06. The fourth-order valence-electron chi connectivity index (χ4n) is 1.18. The summed E-state index contributed by atoms with van der Waals surface area (Å²) in [5.74, 6) is 0. The minimum atomic E-state index is 0.896. The minimum absolute atomic E-state index is 0.896. The lowest BCUT2D eigenvalue weighted by Crippen LogP contribution is -2.18. The lowest BCUT2D eigenvalue weighted by Gasteiger charge is -2.10. The first kappa shape index (κ1) is 7.45. The molecule has 0 radical (unpaired) electrons. The fraction of sp³-hybridized carbons (Fsp3) is 0.750. The van der Waals surface area contributed by atoms with Crippen LogP contribution in [0.3, 0.4) is 0 Å². The van der Waals surface area contributed by atoms with Gasteiger partial charge in [-0.1, -0.05) is 13.8 Å². The molecule has 56 valence electrons. The van der Waals surface area contributed by atoms with E-state index in [1.807, 2.05) is 0 Å². The Morgan fingerprint density at radius 3 is 1.70 bits per heavy atom. The van der Waals surface area contributed by atoms with Crippen molar-refractivity contribution in [3.05, 3.63) is 0 Å². The standard InChI is InChI=1S/C8H14N2/c1-3-7-8(4-2)10-6-5-9-7/h3-6H2,1-2H3. The van der Waals surface area contributed by atoms with Gasteiger partial charge in [0, 0.05) is 0 Å². The van der Waals surface area contributed by atoms with Crippen LogP contribution in [0.2, 0.25) is 0 Å². The second-order valence-electron chi connectivity index (χ2n) is 2.36. The van der Waals surface area contributed by atoms with Crippen LogP contribution in [-0.4, -0.2) is 24.5 Å². The molecule has 0 atom stereocenters. The van der Waals surface area contributed by atoms with Crippen LogP contribution in [0.15, 0.2) is 9.98 Å². The van der Waals surface area contributed by atoms with Crippen molar-refractivity contribution in [3.8, 4) is 0 Å². The Hall–Kier alpha value is -0.660. The highest BCUT2D eigenvalue weighted by molar-refractivity contribution is 6.42. The molecule has 0 aromatic rings. The molecule has 0 N–H and O–H groups in total. The number of hydrogen-bond donors (Lipinski definition) is 0. The van der Waals surface area contributed by atoms with Gasteiger partial charge in [-0.15, -0.1) is 0 Å².